The maximum Gasteiger partial charge on any atom is 1.00 e. The summed E-state index contributed by atoms with van der Waals surface area (Å²) < 4.78 is 59.8. The van der Waals surface area contributed by atoms with Crippen LogP contribution in [0.5, 0.6) is 0 Å². The number of Topliss-reactive ketones (excluding diaryl/α,β-unsaturated/α-hetero) is 2. The average molecular weight is 1450 g/mol. The first-order chi connectivity index (χ1) is 47.9. The zero-order valence-corrected chi connectivity index (χ0v) is 62.2. The van der Waals surface area contributed by atoms with Gasteiger partial charge in [0, 0.05) is 134 Å². The first-order valence-electron chi connectivity index (χ1n) is 32.3. The van der Waals surface area contributed by atoms with Crippen LogP contribution in [-0.4, -0.2) is 225 Å². The van der Waals surface area contributed by atoms with Crippen LogP contribution in [-0.2, 0) is 83.0 Å². The minimum absolute atomic E-state index is 0. The molecule has 0 bridgehead atoms. The molecule has 0 aromatic heterocycles. The smallest absolute Gasteiger partial charge is 0.793 e. The minimum Gasteiger partial charge on any atom is -0.793 e. The SMILES string of the molecule is CC(=O)OOC(C)=O.CNC(=O)[C@@](C)(C(=O)COC1CCCCO1)N(C)C(=O)c1ccc(C#Cc2ccc(C=O)cc2)cc1.CNC(=O)[C@@](C)(C(=O)COC1CCCCO1)N(C)C(=O)c1ccc(C#Cc2ccc(CN3CC(OCCF)C3)cc2)cc1.Cl.FCCOC1CNC1.[B-]OC(C)=O.[Na+]. The molecular formula is C72H90BClF2N6NaO19. The number of aldehydes is 1. The van der Waals surface area contributed by atoms with E-state index in [4.69, 9.17) is 28.4 Å². The Morgan fingerprint density at radius 1 is 0.588 bits per heavy atom. The first-order valence-corrected chi connectivity index (χ1v) is 32.3. The van der Waals surface area contributed by atoms with Crippen molar-refractivity contribution in [2.75, 3.05) is 107 Å². The molecule has 4 fully saturated rings. The zero-order valence-electron chi connectivity index (χ0n) is 59.4. The van der Waals surface area contributed by atoms with Crippen molar-refractivity contribution in [1.82, 2.24) is 30.7 Å². The van der Waals surface area contributed by atoms with Crippen LogP contribution in [0.2, 0.25) is 0 Å². The van der Waals surface area contributed by atoms with Crippen molar-refractivity contribution in [3.8, 4) is 23.7 Å². The summed E-state index contributed by atoms with van der Waals surface area (Å²) in [6, 6.07) is 28.2. The van der Waals surface area contributed by atoms with Crippen LogP contribution in [0.4, 0.5) is 8.78 Å². The van der Waals surface area contributed by atoms with Crippen molar-refractivity contribution in [2.24, 2.45) is 0 Å². The third-order valence-electron chi connectivity index (χ3n) is 15.8. The van der Waals surface area contributed by atoms with Gasteiger partial charge in [-0.15, -0.1) is 12.4 Å². The number of nitrogens with one attached hydrogen (secondary N) is 3. The molecule has 3 radical (unpaired) electrons. The van der Waals surface area contributed by atoms with Gasteiger partial charge in [-0.3, -0.25) is 43.3 Å². The molecule has 4 heterocycles. The molecule has 4 aromatic carbocycles. The molecule has 8 rings (SSSR count). The van der Waals surface area contributed by atoms with E-state index in [1.807, 2.05) is 24.3 Å². The van der Waals surface area contributed by atoms with Gasteiger partial charge in [0.05, 0.1) is 25.4 Å². The van der Waals surface area contributed by atoms with E-state index in [0.29, 0.717) is 53.9 Å². The van der Waals surface area contributed by atoms with Crippen LogP contribution in [0.25, 0.3) is 0 Å². The second-order valence-corrected chi connectivity index (χ2v) is 23.2. The summed E-state index contributed by atoms with van der Waals surface area (Å²) >= 11 is 0. The van der Waals surface area contributed by atoms with E-state index >= 15 is 0 Å². The summed E-state index contributed by atoms with van der Waals surface area (Å²) in [5, 5.41) is 8.01. The minimum atomic E-state index is -1.77. The van der Waals surface area contributed by atoms with E-state index in [9.17, 15) is 56.7 Å². The Kier molecular flexibility index (Phi) is 42.7. The van der Waals surface area contributed by atoms with Gasteiger partial charge >= 0.3 is 41.5 Å². The summed E-state index contributed by atoms with van der Waals surface area (Å²) in [5.41, 5.74) is 1.82. The summed E-state index contributed by atoms with van der Waals surface area (Å²) in [5.74, 6) is 7.24. The number of halogens is 3. The molecule has 0 saturated carbocycles. The zero-order chi connectivity index (χ0) is 73.6. The Hall–Kier alpha value is -7.81. The van der Waals surface area contributed by atoms with Crippen LogP contribution in [0.15, 0.2) is 97.1 Å². The number of carbonyl (C=O) groups excluding carboxylic acids is 10. The number of rotatable bonds is 23. The first kappa shape index (κ1) is 90.3. The van der Waals surface area contributed by atoms with Gasteiger partial charge in [-0.05, 0) is 131 Å². The Balaban J connectivity index is 0.000000534. The van der Waals surface area contributed by atoms with Gasteiger partial charge in [0.25, 0.3) is 23.6 Å². The number of ketones is 2. The Bertz CT molecular complexity index is 3440. The van der Waals surface area contributed by atoms with Crippen LogP contribution in [0.3, 0.4) is 0 Å². The van der Waals surface area contributed by atoms with Gasteiger partial charge in [-0.1, -0.05) is 47.9 Å². The number of amides is 4. The molecule has 4 saturated heterocycles. The van der Waals surface area contributed by atoms with E-state index < -0.39 is 83.4 Å². The molecule has 547 valence electrons. The van der Waals surface area contributed by atoms with Gasteiger partial charge in [-0.2, -0.15) is 0 Å². The number of nitrogens with zero attached hydrogens (tertiary/aromatic N) is 3. The van der Waals surface area contributed by atoms with Crippen LogP contribution >= 0.6 is 12.4 Å². The van der Waals surface area contributed by atoms with Crippen molar-refractivity contribution < 1.29 is 129 Å². The molecule has 25 nitrogen and oxygen atoms in total. The second kappa shape index (κ2) is 48.2. The molecule has 4 atom stereocenters. The molecule has 0 spiro atoms. The van der Waals surface area contributed by atoms with Crippen molar-refractivity contribution in [1.29, 1.82) is 0 Å². The molecule has 30 heteroatoms. The molecule has 4 amide bonds. The number of hydrogen-bond acceptors (Lipinski definition) is 21. The van der Waals surface area contributed by atoms with E-state index in [1.165, 1.54) is 49.0 Å². The standard InChI is InChI=1S/C33H40FN3O6.C28H30N2O6.C5H10FNO.C4H6O4.C2H3BO2.ClH.Na/c1-33(32(40)35-2,29(38)23-43-30-6-4-5-18-42-30)36(3)31(39)27-15-13-25(14-16-27)8-7-24-9-11-26(12-10-24)20-37-21-28(22-37)41-19-17-34;1-28(27(34)29-2,24(32)19-36-25-6-4-5-17-35-25)30(3)26(33)23-15-13-21(14-16-23)8-7-20-9-11-22(18-31)12-10-20;6-1-2-8-5-3-7-4-5;1-3(5)7-8-4(2)6;1-2(4)5-3;;/h9-16,28,30H,4-6,17-23H2,1-3H3,(H,35,40);9-16,18,25H,4-6,17,19H2,1-3H3,(H,29,34);5,7H,1-4H2;1-2H3;1H3;1H;/q;;;;-1;;+1/t30?,33-;25?,28-;;;;;/m11...../s1. The van der Waals surface area contributed by atoms with Crippen LogP contribution in [0.1, 0.15) is 132 Å². The van der Waals surface area contributed by atoms with Crippen molar-refractivity contribution in [3.63, 3.8) is 0 Å². The average Bonchev–Trinajstić information content (AvgIpc) is 0.790. The fourth-order valence-corrected chi connectivity index (χ4v) is 9.47. The topological polar surface area (TPSA) is 300 Å². The molecule has 4 aliphatic heterocycles. The number of likely N-dealkylation sites (tertiary alicyclic amines) is 1. The van der Waals surface area contributed by atoms with Crippen molar-refractivity contribution >= 4 is 79.8 Å². The molecule has 2 unspecified atom stereocenters. The third-order valence-corrected chi connectivity index (χ3v) is 15.8. The molecule has 0 aliphatic carbocycles. The number of ether oxygens (including phenoxy) is 6. The largest absolute Gasteiger partial charge is 1.00 e. The van der Waals surface area contributed by atoms with Crippen molar-refractivity contribution in [3.05, 3.63) is 142 Å². The van der Waals surface area contributed by atoms with Crippen LogP contribution in [0, 0.1) is 23.7 Å². The van der Waals surface area contributed by atoms with E-state index in [1.54, 1.807) is 72.8 Å². The molecule has 4 aliphatic rings. The fourth-order valence-electron chi connectivity index (χ4n) is 9.47. The second-order valence-electron chi connectivity index (χ2n) is 23.2. The predicted molar refractivity (Wildman–Crippen MR) is 369 cm³/mol. The number of hydrogen-bond donors (Lipinski definition) is 3. The Morgan fingerprint density at radius 2 is 0.951 bits per heavy atom. The summed E-state index contributed by atoms with van der Waals surface area (Å²) in [6.07, 6.45) is 5.32. The molecule has 3 N–H and O–H groups in total. The quantitative estimate of drug-likeness (QED) is 0.0240. The number of likely N-dealkylation sites (N-methyl/N-ethyl adjacent to an activating group) is 4. The van der Waals surface area contributed by atoms with Gasteiger partial charge in [0.15, 0.2) is 35.2 Å². The van der Waals surface area contributed by atoms with E-state index in [2.05, 4.69) is 67.0 Å². The summed E-state index contributed by atoms with van der Waals surface area (Å²) in [4.78, 5) is 131. The van der Waals surface area contributed by atoms with Gasteiger partial charge in [0.1, 0.15) is 32.8 Å². The van der Waals surface area contributed by atoms with E-state index in [-0.39, 0.29) is 87.3 Å². The van der Waals surface area contributed by atoms with Crippen LogP contribution < -0.4 is 45.5 Å². The normalized spacial score (nSPS) is 16.2. The summed E-state index contributed by atoms with van der Waals surface area (Å²) in [6.45, 7) is 10.6. The number of alkyl halides is 2. The van der Waals surface area contributed by atoms with Gasteiger partial charge in [0.2, 0.25) is 5.97 Å². The molecule has 102 heavy (non-hydrogen) atoms. The van der Waals surface area contributed by atoms with Gasteiger partial charge in [-0.25, -0.2) is 28.1 Å². The Morgan fingerprint density at radius 3 is 1.25 bits per heavy atom. The maximum atomic E-state index is 13.4. The summed E-state index contributed by atoms with van der Waals surface area (Å²) in [7, 11) is 10.0. The maximum absolute atomic E-state index is 13.4. The molecular weight excluding hydrogens is 1360 g/mol. The van der Waals surface area contributed by atoms with Gasteiger partial charge < -0.3 is 66.9 Å². The van der Waals surface area contributed by atoms with E-state index in [0.717, 1.165) is 105 Å². The third kappa shape index (κ3) is 30.3. The number of benzene rings is 4. The fraction of sp³-hybridized carbons (Fsp3) is 0.472. The Labute approximate surface area is 624 Å². The predicted octanol–water partition coefficient (Wildman–Crippen LogP) is 2.56. The number of carbonyl (C=O) groups is 10. The monoisotopic (exact) mass is 1450 g/mol. The van der Waals surface area contributed by atoms with Crippen molar-refractivity contribution in [2.45, 2.75) is 116 Å². The molecule has 4 aromatic rings.